The van der Waals surface area contributed by atoms with Gasteiger partial charge in [-0.2, -0.15) is 0 Å². The highest BCUT2D eigenvalue weighted by Gasteiger charge is 2.34. The van der Waals surface area contributed by atoms with E-state index in [1.807, 2.05) is 27.0 Å². The monoisotopic (exact) mass is 439 g/mol. The smallest absolute Gasteiger partial charge is 0.191 e. The lowest BCUT2D eigenvalue weighted by Gasteiger charge is -2.38. The van der Waals surface area contributed by atoms with E-state index in [1.54, 1.807) is 0 Å². The average molecular weight is 440 g/mol. The van der Waals surface area contributed by atoms with Crippen LogP contribution in [-0.2, 0) is 16.6 Å². The number of guanidine groups is 1. The number of rotatable bonds is 10. The van der Waals surface area contributed by atoms with E-state index in [0.29, 0.717) is 13.2 Å². The van der Waals surface area contributed by atoms with Crippen LogP contribution in [0.2, 0.25) is 0 Å². The molecule has 174 valence electrons. The molecule has 0 saturated carbocycles. The summed E-state index contributed by atoms with van der Waals surface area (Å²) < 4.78 is 17.1. The molecule has 6 heteroatoms. The third-order valence-corrected chi connectivity index (χ3v) is 5.97. The van der Waals surface area contributed by atoms with E-state index in [2.05, 4.69) is 58.1 Å². The van der Waals surface area contributed by atoms with E-state index >= 15 is 0 Å². The summed E-state index contributed by atoms with van der Waals surface area (Å²) in [5.41, 5.74) is 2.63. The fourth-order valence-electron chi connectivity index (χ4n) is 4.17. The number of hydrogen-bond acceptors (Lipinski definition) is 4. The van der Waals surface area contributed by atoms with Gasteiger partial charge in [0.15, 0.2) is 17.5 Å². The minimum atomic E-state index is 0.0681. The van der Waals surface area contributed by atoms with Crippen molar-refractivity contribution >= 4 is 5.96 Å². The van der Waals surface area contributed by atoms with Crippen molar-refractivity contribution in [1.29, 1.82) is 0 Å². The minimum Gasteiger partial charge on any atom is -0.490 e. The minimum absolute atomic E-state index is 0.0681. The van der Waals surface area contributed by atoms with Gasteiger partial charge in [-0.15, -0.1) is 0 Å². The second kappa shape index (κ2) is 12.3. The van der Waals surface area contributed by atoms with E-state index in [1.165, 1.54) is 11.1 Å². The fraction of sp³-hybridized carbons (Fsp3) is 0.500. The van der Waals surface area contributed by atoms with Crippen LogP contribution in [-0.4, -0.2) is 52.5 Å². The Hall–Kier alpha value is -2.73. The van der Waals surface area contributed by atoms with Crippen LogP contribution in [0.15, 0.2) is 53.5 Å². The highest BCUT2D eigenvalue weighted by molar-refractivity contribution is 5.79. The molecule has 1 fully saturated rings. The Morgan fingerprint density at radius 1 is 0.969 bits per heavy atom. The first-order chi connectivity index (χ1) is 15.7. The van der Waals surface area contributed by atoms with Gasteiger partial charge in [0.05, 0.1) is 13.2 Å². The zero-order valence-corrected chi connectivity index (χ0v) is 19.7. The van der Waals surface area contributed by atoms with Gasteiger partial charge >= 0.3 is 0 Å². The molecule has 0 unspecified atom stereocenters. The lowest BCUT2D eigenvalue weighted by Crippen LogP contribution is -2.48. The Labute approximate surface area is 192 Å². The summed E-state index contributed by atoms with van der Waals surface area (Å²) >= 11 is 0. The van der Waals surface area contributed by atoms with Crippen molar-refractivity contribution in [3.63, 3.8) is 0 Å². The van der Waals surface area contributed by atoms with Gasteiger partial charge in [0.2, 0.25) is 0 Å². The van der Waals surface area contributed by atoms with Gasteiger partial charge in [0, 0.05) is 38.8 Å². The van der Waals surface area contributed by atoms with E-state index in [0.717, 1.165) is 63.0 Å². The van der Waals surface area contributed by atoms with Gasteiger partial charge < -0.3 is 24.8 Å². The van der Waals surface area contributed by atoms with Gasteiger partial charge in [0.1, 0.15) is 0 Å². The summed E-state index contributed by atoms with van der Waals surface area (Å²) in [4.78, 5) is 4.43. The van der Waals surface area contributed by atoms with Crippen LogP contribution < -0.4 is 20.1 Å². The summed E-state index contributed by atoms with van der Waals surface area (Å²) in [5.74, 6) is 2.42. The van der Waals surface area contributed by atoms with E-state index in [4.69, 9.17) is 14.2 Å². The molecule has 0 spiro atoms. The molecular formula is C26H37N3O3. The molecule has 3 rings (SSSR count). The highest BCUT2D eigenvalue weighted by atomic mass is 16.5. The van der Waals surface area contributed by atoms with Crippen molar-refractivity contribution in [2.24, 2.45) is 4.99 Å². The van der Waals surface area contributed by atoms with Crippen LogP contribution in [0.4, 0.5) is 0 Å². The first-order valence-corrected chi connectivity index (χ1v) is 11.7. The van der Waals surface area contributed by atoms with Crippen molar-refractivity contribution in [2.45, 2.75) is 38.5 Å². The average Bonchev–Trinajstić information content (AvgIpc) is 2.84. The van der Waals surface area contributed by atoms with Gasteiger partial charge in [0.25, 0.3) is 0 Å². The molecule has 0 aliphatic carbocycles. The van der Waals surface area contributed by atoms with Crippen LogP contribution in [0.5, 0.6) is 11.5 Å². The number of nitrogens with zero attached hydrogens (tertiary/aromatic N) is 1. The molecule has 0 bridgehead atoms. The summed E-state index contributed by atoms with van der Waals surface area (Å²) in [7, 11) is 1.82. The molecule has 2 aromatic carbocycles. The Bertz CT molecular complexity index is 849. The summed E-state index contributed by atoms with van der Waals surface area (Å²) in [6.45, 7) is 8.41. The van der Waals surface area contributed by atoms with Crippen LogP contribution >= 0.6 is 0 Å². The van der Waals surface area contributed by atoms with Crippen molar-refractivity contribution in [1.82, 2.24) is 10.6 Å². The quantitative estimate of drug-likeness (QED) is 0.434. The Balaban J connectivity index is 1.56. The normalized spacial score (nSPS) is 15.8. The van der Waals surface area contributed by atoms with Gasteiger partial charge in [-0.25, -0.2) is 0 Å². The summed E-state index contributed by atoms with van der Waals surface area (Å²) in [5, 5.41) is 7.01. The molecule has 2 aromatic rings. The maximum absolute atomic E-state index is 5.75. The van der Waals surface area contributed by atoms with Crippen molar-refractivity contribution in [3.8, 4) is 11.5 Å². The van der Waals surface area contributed by atoms with Crippen molar-refractivity contribution in [2.75, 3.05) is 46.6 Å². The maximum Gasteiger partial charge on any atom is 0.191 e. The molecule has 1 saturated heterocycles. The lowest BCUT2D eigenvalue weighted by molar-refractivity contribution is 0.0514. The Kier molecular flexibility index (Phi) is 9.23. The molecule has 1 aliphatic heterocycles. The second-order valence-electron chi connectivity index (χ2n) is 8.01. The van der Waals surface area contributed by atoms with E-state index in [-0.39, 0.29) is 5.41 Å². The van der Waals surface area contributed by atoms with Crippen molar-refractivity contribution < 1.29 is 14.2 Å². The number of benzene rings is 2. The first-order valence-electron chi connectivity index (χ1n) is 11.7. The van der Waals surface area contributed by atoms with Gasteiger partial charge in [-0.3, -0.25) is 4.99 Å². The zero-order valence-electron chi connectivity index (χ0n) is 19.7. The standard InChI is InChI=1S/C26H37N3O3/c1-4-31-23-12-11-21(19-24(23)32-5-2)13-16-28-25(27-3)29-20-26(14-17-30-18-15-26)22-9-7-6-8-10-22/h6-12,19H,4-5,13-18,20H2,1-3H3,(H2,27,28,29). The maximum atomic E-state index is 5.75. The topological polar surface area (TPSA) is 64.1 Å². The predicted molar refractivity (Wildman–Crippen MR) is 130 cm³/mol. The summed E-state index contributed by atoms with van der Waals surface area (Å²) in [6, 6.07) is 16.9. The fourth-order valence-corrected chi connectivity index (χ4v) is 4.17. The third kappa shape index (κ3) is 6.39. The van der Waals surface area contributed by atoms with Gasteiger partial charge in [-0.05, 0) is 56.4 Å². The number of hydrogen-bond donors (Lipinski definition) is 2. The molecule has 0 atom stereocenters. The second-order valence-corrected chi connectivity index (χ2v) is 8.01. The molecular weight excluding hydrogens is 402 g/mol. The zero-order chi connectivity index (χ0) is 22.7. The lowest BCUT2D eigenvalue weighted by atomic mass is 9.74. The SMILES string of the molecule is CCOc1ccc(CCNC(=NC)NCC2(c3ccccc3)CCOCC2)cc1OCC. The van der Waals surface area contributed by atoms with Crippen LogP contribution in [0, 0.1) is 0 Å². The molecule has 0 aromatic heterocycles. The molecule has 1 aliphatic rings. The van der Waals surface area contributed by atoms with Crippen LogP contribution in [0.1, 0.15) is 37.8 Å². The molecule has 1 heterocycles. The van der Waals surface area contributed by atoms with E-state index in [9.17, 15) is 0 Å². The molecule has 0 amide bonds. The number of aliphatic imine (C=N–C) groups is 1. The van der Waals surface area contributed by atoms with E-state index < -0.39 is 0 Å². The Morgan fingerprint density at radius 3 is 2.38 bits per heavy atom. The molecule has 6 nitrogen and oxygen atoms in total. The third-order valence-electron chi connectivity index (χ3n) is 5.97. The predicted octanol–water partition coefficient (Wildman–Crippen LogP) is 3.94. The molecule has 32 heavy (non-hydrogen) atoms. The Morgan fingerprint density at radius 2 is 1.69 bits per heavy atom. The van der Waals surface area contributed by atoms with Crippen LogP contribution in [0.25, 0.3) is 0 Å². The largest absolute Gasteiger partial charge is 0.490 e. The highest BCUT2D eigenvalue weighted by Crippen LogP contribution is 2.34. The summed E-state index contributed by atoms with van der Waals surface area (Å²) in [6.07, 6.45) is 2.88. The van der Waals surface area contributed by atoms with Crippen molar-refractivity contribution in [3.05, 3.63) is 59.7 Å². The molecule has 2 N–H and O–H groups in total. The number of ether oxygens (including phenoxy) is 3. The van der Waals surface area contributed by atoms with Crippen LogP contribution in [0.3, 0.4) is 0 Å². The first kappa shape index (κ1) is 23.9. The number of nitrogens with one attached hydrogen (secondary N) is 2. The molecule has 0 radical (unpaired) electrons. The van der Waals surface area contributed by atoms with Gasteiger partial charge in [-0.1, -0.05) is 36.4 Å².